The Morgan fingerprint density at radius 1 is 1.14 bits per heavy atom. The molecule has 0 aliphatic carbocycles. The fourth-order valence-electron chi connectivity index (χ4n) is 2.64. The molecule has 0 amide bonds. The molecule has 3 N–H and O–H groups in total. The van der Waals surface area contributed by atoms with Gasteiger partial charge in [-0.1, -0.05) is 30.3 Å². The van der Waals surface area contributed by atoms with Crippen LogP contribution >= 0.6 is 0 Å². The Kier molecular flexibility index (Phi) is 3.62. The highest BCUT2D eigenvalue weighted by Gasteiger charge is 2.20. The Hall–Kier alpha value is -2.33. The second-order valence-corrected chi connectivity index (χ2v) is 4.98. The summed E-state index contributed by atoms with van der Waals surface area (Å²) in [7, 11) is 0. The third-order valence-corrected chi connectivity index (χ3v) is 3.61. The number of fused-ring (bicyclic) bond motifs is 1. The van der Waals surface area contributed by atoms with E-state index in [4.69, 9.17) is 10.2 Å². The second-order valence-electron chi connectivity index (χ2n) is 4.98. The number of para-hydroxylation sites is 2. The lowest BCUT2D eigenvalue weighted by Gasteiger charge is -2.18. The van der Waals surface area contributed by atoms with Crippen LogP contribution in [0.2, 0.25) is 0 Å². The number of benzene rings is 2. The molecular formula is C17H17FN2O. The summed E-state index contributed by atoms with van der Waals surface area (Å²) in [6.45, 7) is 2.25. The lowest BCUT2D eigenvalue weighted by molar-refractivity contribution is 0.565. The molecule has 0 radical (unpaired) electrons. The topological polar surface area (TPSA) is 51.2 Å². The van der Waals surface area contributed by atoms with E-state index >= 15 is 0 Å². The van der Waals surface area contributed by atoms with Crippen LogP contribution in [0.4, 0.5) is 10.1 Å². The van der Waals surface area contributed by atoms with Gasteiger partial charge in [-0.3, -0.25) is 0 Å². The number of aryl methyl sites for hydroxylation is 1. The van der Waals surface area contributed by atoms with E-state index in [-0.39, 0.29) is 11.9 Å². The van der Waals surface area contributed by atoms with E-state index in [9.17, 15) is 4.39 Å². The number of nitrogens with one attached hydrogen (secondary N) is 1. The first-order chi connectivity index (χ1) is 10.2. The van der Waals surface area contributed by atoms with Gasteiger partial charge in [-0.25, -0.2) is 4.39 Å². The summed E-state index contributed by atoms with van der Waals surface area (Å²) >= 11 is 0. The van der Waals surface area contributed by atoms with Gasteiger partial charge in [0.25, 0.3) is 0 Å². The summed E-state index contributed by atoms with van der Waals surface area (Å²) in [4.78, 5) is 0. The summed E-state index contributed by atoms with van der Waals surface area (Å²) in [5.74, 6) is 0.511. The van der Waals surface area contributed by atoms with Crippen LogP contribution in [-0.4, -0.2) is 6.54 Å². The molecular weight excluding hydrogens is 267 g/mol. The summed E-state index contributed by atoms with van der Waals surface area (Å²) in [5.41, 5.74) is 8.14. The Balaban J connectivity index is 2.03. The van der Waals surface area contributed by atoms with Crippen LogP contribution in [0.3, 0.4) is 0 Å². The second kappa shape index (κ2) is 5.58. The van der Waals surface area contributed by atoms with Crippen LogP contribution in [0.1, 0.15) is 17.4 Å². The lowest BCUT2D eigenvalue weighted by atomic mass is 10.0. The van der Waals surface area contributed by atoms with E-state index in [2.05, 4.69) is 5.32 Å². The molecule has 1 atom stereocenters. The monoisotopic (exact) mass is 284 g/mol. The number of furan rings is 1. The van der Waals surface area contributed by atoms with Gasteiger partial charge in [0, 0.05) is 17.5 Å². The maximum absolute atomic E-state index is 13.8. The van der Waals surface area contributed by atoms with Crippen molar-refractivity contribution in [1.29, 1.82) is 0 Å². The number of hydrogen-bond donors (Lipinski definition) is 2. The van der Waals surface area contributed by atoms with E-state index in [1.165, 1.54) is 6.07 Å². The van der Waals surface area contributed by atoms with Crippen LogP contribution < -0.4 is 11.1 Å². The van der Waals surface area contributed by atoms with Crippen molar-refractivity contribution < 1.29 is 8.81 Å². The zero-order valence-corrected chi connectivity index (χ0v) is 11.8. The fourth-order valence-corrected chi connectivity index (χ4v) is 2.64. The molecule has 0 fully saturated rings. The standard InChI is InChI=1S/C17H17FN2O/c1-11-17(12-6-2-5-9-16(12)21-11)15(10-19)20-14-8-4-3-7-13(14)18/h2-9,15,20H,10,19H2,1H3. The number of nitrogens with two attached hydrogens (primary N) is 1. The Labute approximate surface area is 122 Å². The predicted octanol–water partition coefficient (Wildman–Crippen LogP) is 3.99. The van der Waals surface area contributed by atoms with Crippen molar-refractivity contribution in [2.75, 3.05) is 11.9 Å². The largest absolute Gasteiger partial charge is 0.461 e. The molecule has 0 aliphatic rings. The van der Waals surface area contributed by atoms with Crippen LogP contribution in [0.25, 0.3) is 11.0 Å². The maximum Gasteiger partial charge on any atom is 0.146 e. The van der Waals surface area contributed by atoms with Crippen molar-refractivity contribution in [3.05, 3.63) is 65.7 Å². The first-order valence-corrected chi connectivity index (χ1v) is 6.90. The molecule has 0 aliphatic heterocycles. The van der Waals surface area contributed by atoms with Crippen LogP contribution in [-0.2, 0) is 0 Å². The summed E-state index contributed by atoms with van der Waals surface area (Å²) in [6.07, 6.45) is 0. The highest BCUT2D eigenvalue weighted by molar-refractivity contribution is 5.83. The van der Waals surface area contributed by atoms with Crippen molar-refractivity contribution in [3.8, 4) is 0 Å². The maximum atomic E-state index is 13.8. The highest BCUT2D eigenvalue weighted by Crippen LogP contribution is 2.32. The van der Waals surface area contributed by atoms with Gasteiger partial charge < -0.3 is 15.5 Å². The van der Waals surface area contributed by atoms with Crippen LogP contribution in [0.5, 0.6) is 0 Å². The Morgan fingerprint density at radius 2 is 1.86 bits per heavy atom. The molecule has 108 valence electrons. The van der Waals surface area contributed by atoms with Gasteiger partial charge >= 0.3 is 0 Å². The van der Waals surface area contributed by atoms with E-state index in [1.54, 1.807) is 18.2 Å². The number of hydrogen-bond acceptors (Lipinski definition) is 3. The van der Waals surface area contributed by atoms with Gasteiger partial charge in [-0.15, -0.1) is 0 Å². The third kappa shape index (κ3) is 2.50. The minimum Gasteiger partial charge on any atom is -0.461 e. The van der Waals surface area contributed by atoms with Gasteiger partial charge in [0.05, 0.1) is 11.7 Å². The summed E-state index contributed by atoms with van der Waals surface area (Å²) in [6, 6.07) is 14.2. The molecule has 21 heavy (non-hydrogen) atoms. The molecule has 3 aromatic rings. The van der Waals surface area contributed by atoms with Gasteiger partial charge in [0.2, 0.25) is 0 Å². The highest BCUT2D eigenvalue weighted by atomic mass is 19.1. The van der Waals surface area contributed by atoms with Crippen molar-refractivity contribution in [3.63, 3.8) is 0 Å². The minimum atomic E-state index is -0.290. The zero-order valence-electron chi connectivity index (χ0n) is 11.8. The molecule has 0 spiro atoms. The molecule has 1 heterocycles. The smallest absolute Gasteiger partial charge is 0.146 e. The number of rotatable bonds is 4. The van der Waals surface area contributed by atoms with Crippen molar-refractivity contribution >= 4 is 16.7 Å². The lowest BCUT2D eigenvalue weighted by Crippen LogP contribution is -2.21. The van der Waals surface area contributed by atoms with E-state index in [1.807, 2.05) is 31.2 Å². The number of anilines is 1. The van der Waals surface area contributed by atoms with Gasteiger partial charge in [0.15, 0.2) is 0 Å². The molecule has 0 bridgehead atoms. The fraction of sp³-hybridized carbons (Fsp3) is 0.176. The minimum absolute atomic E-state index is 0.203. The van der Waals surface area contributed by atoms with E-state index in [0.29, 0.717) is 12.2 Å². The van der Waals surface area contributed by atoms with E-state index in [0.717, 1.165) is 22.3 Å². The van der Waals surface area contributed by atoms with Gasteiger partial charge in [0.1, 0.15) is 17.2 Å². The molecule has 3 nitrogen and oxygen atoms in total. The summed E-state index contributed by atoms with van der Waals surface area (Å²) in [5, 5.41) is 4.18. The van der Waals surface area contributed by atoms with E-state index < -0.39 is 0 Å². The average molecular weight is 284 g/mol. The van der Waals surface area contributed by atoms with Crippen molar-refractivity contribution in [2.24, 2.45) is 5.73 Å². The average Bonchev–Trinajstić information content (AvgIpc) is 2.82. The van der Waals surface area contributed by atoms with Crippen molar-refractivity contribution in [2.45, 2.75) is 13.0 Å². The molecule has 1 aromatic heterocycles. The molecule has 0 saturated heterocycles. The Morgan fingerprint density at radius 3 is 2.62 bits per heavy atom. The molecule has 4 heteroatoms. The molecule has 0 saturated carbocycles. The normalized spacial score (nSPS) is 12.5. The number of halogens is 1. The Bertz CT molecular complexity index is 766. The molecule has 3 rings (SSSR count). The van der Waals surface area contributed by atoms with Gasteiger partial charge in [-0.2, -0.15) is 0 Å². The van der Waals surface area contributed by atoms with Crippen LogP contribution in [0, 0.1) is 12.7 Å². The third-order valence-electron chi connectivity index (χ3n) is 3.61. The van der Waals surface area contributed by atoms with Crippen molar-refractivity contribution in [1.82, 2.24) is 0 Å². The molecule has 1 unspecified atom stereocenters. The molecule has 2 aromatic carbocycles. The zero-order chi connectivity index (χ0) is 14.8. The first-order valence-electron chi connectivity index (χ1n) is 6.90. The van der Waals surface area contributed by atoms with Gasteiger partial charge in [-0.05, 0) is 25.1 Å². The quantitative estimate of drug-likeness (QED) is 0.761. The summed E-state index contributed by atoms with van der Waals surface area (Å²) < 4.78 is 19.6. The first kappa shape index (κ1) is 13.6. The SMILES string of the molecule is Cc1oc2ccccc2c1C(CN)Nc1ccccc1F. The van der Waals surface area contributed by atoms with Crippen LogP contribution in [0.15, 0.2) is 52.9 Å². The predicted molar refractivity (Wildman–Crippen MR) is 82.8 cm³/mol.